The summed E-state index contributed by atoms with van der Waals surface area (Å²) in [6.07, 6.45) is 0. The Bertz CT molecular complexity index is 315. The lowest BCUT2D eigenvalue weighted by Gasteiger charge is -2.23. The monoisotopic (exact) mass is 261 g/mol. The van der Waals surface area contributed by atoms with Gasteiger partial charge in [-0.3, -0.25) is 4.90 Å². The second-order valence-electron chi connectivity index (χ2n) is 3.77. The van der Waals surface area contributed by atoms with Gasteiger partial charge in [-0.2, -0.15) is 0 Å². The molecule has 1 atom stereocenters. The summed E-state index contributed by atoms with van der Waals surface area (Å²) in [7, 11) is 0. The lowest BCUT2D eigenvalue weighted by atomic mass is 10.1. The molecule has 1 aromatic rings. The van der Waals surface area contributed by atoms with Crippen LogP contribution in [-0.2, 0) is 0 Å². The molecule has 0 radical (unpaired) electrons. The maximum absolute atomic E-state index is 12.7. The highest BCUT2D eigenvalue weighted by molar-refractivity contribution is 6.21. The lowest BCUT2D eigenvalue weighted by molar-refractivity contribution is 0.161. The van der Waals surface area contributed by atoms with E-state index in [0.29, 0.717) is 19.6 Å². The van der Waals surface area contributed by atoms with Crippen molar-refractivity contribution >= 4 is 11.6 Å². The highest BCUT2D eigenvalue weighted by Crippen LogP contribution is 2.21. The topological polar surface area (TPSA) is 43.7 Å². The van der Waals surface area contributed by atoms with E-state index in [1.165, 1.54) is 12.1 Å². The number of hydrogen-bond acceptors (Lipinski definition) is 3. The Morgan fingerprint density at radius 3 is 2.12 bits per heavy atom. The molecule has 0 heterocycles. The molecule has 0 aliphatic heterocycles. The van der Waals surface area contributed by atoms with Crippen molar-refractivity contribution in [3.05, 3.63) is 35.6 Å². The first-order chi connectivity index (χ1) is 8.17. The summed E-state index contributed by atoms with van der Waals surface area (Å²) in [6.45, 7) is 1.48. The predicted octanol–water partition coefficient (Wildman–Crippen LogP) is 1.39. The molecule has 1 rings (SSSR count). The van der Waals surface area contributed by atoms with E-state index >= 15 is 0 Å². The van der Waals surface area contributed by atoms with Crippen LogP contribution in [0.5, 0.6) is 0 Å². The minimum absolute atomic E-state index is 0.0209. The van der Waals surface area contributed by atoms with Crippen LogP contribution in [0.15, 0.2) is 24.3 Å². The van der Waals surface area contributed by atoms with Crippen LogP contribution >= 0.6 is 11.6 Å². The summed E-state index contributed by atoms with van der Waals surface area (Å²) in [6, 6.07) is 6.02. The average molecular weight is 262 g/mol. The fraction of sp³-hybridized carbons (Fsp3) is 0.500. The molecule has 0 fully saturated rings. The normalized spacial score (nSPS) is 13.0. The molecule has 0 aromatic heterocycles. The van der Waals surface area contributed by atoms with Crippen LogP contribution in [0.25, 0.3) is 0 Å². The molecule has 17 heavy (non-hydrogen) atoms. The van der Waals surface area contributed by atoms with Crippen molar-refractivity contribution in [2.24, 2.45) is 0 Å². The van der Waals surface area contributed by atoms with Crippen LogP contribution in [0.3, 0.4) is 0 Å². The van der Waals surface area contributed by atoms with E-state index in [2.05, 4.69) is 0 Å². The summed E-state index contributed by atoms with van der Waals surface area (Å²) < 4.78 is 12.7. The molecule has 0 aliphatic rings. The Kier molecular flexibility index (Phi) is 6.44. The standard InChI is InChI=1S/C12H17ClFNO2/c13-12(9-15(5-7-16)6-8-17)10-1-3-11(14)4-2-10/h1-4,12,16-17H,5-9H2. The number of rotatable bonds is 7. The fourth-order valence-electron chi connectivity index (χ4n) is 1.58. The maximum Gasteiger partial charge on any atom is 0.123 e. The molecule has 0 aliphatic carbocycles. The van der Waals surface area contributed by atoms with Crippen LogP contribution in [0, 0.1) is 5.82 Å². The van der Waals surface area contributed by atoms with Gasteiger partial charge in [-0.15, -0.1) is 11.6 Å². The second kappa shape index (κ2) is 7.61. The number of benzene rings is 1. The molecule has 5 heteroatoms. The molecular formula is C12H17ClFNO2. The Morgan fingerprint density at radius 1 is 1.12 bits per heavy atom. The van der Waals surface area contributed by atoms with Gasteiger partial charge in [-0.25, -0.2) is 4.39 Å². The minimum atomic E-state index is -0.291. The molecule has 0 bridgehead atoms. The number of aliphatic hydroxyl groups excluding tert-OH is 2. The van der Waals surface area contributed by atoms with Crippen molar-refractivity contribution in [1.82, 2.24) is 4.90 Å². The third-order valence-electron chi connectivity index (χ3n) is 2.48. The largest absolute Gasteiger partial charge is 0.395 e. The van der Waals surface area contributed by atoms with Crippen molar-refractivity contribution in [3.8, 4) is 0 Å². The van der Waals surface area contributed by atoms with Gasteiger partial charge in [0.25, 0.3) is 0 Å². The molecule has 0 saturated heterocycles. The zero-order valence-corrected chi connectivity index (χ0v) is 10.3. The van der Waals surface area contributed by atoms with Crippen molar-refractivity contribution in [1.29, 1.82) is 0 Å². The minimum Gasteiger partial charge on any atom is -0.395 e. The van der Waals surface area contributed by atoms with Crippen molar-refractivity contribution in [2.75, 3.05) is 32.8 Å². The second-order valence-corrected chi connectivity index (χ2v) is 4.29. The van der Waals surface area contributed by atoms with Crippen LogP contribution < -0.4 is 0 Å². The van der Waals surface area contributed by atoms with Gasteiger partial charge < -0.3 is 10.2 Å². The predicted molar refractivity (Wildman–Crippen MR) is 65.6 cm³/mol. The Morgan fingerprint density at radius 2 is 1.65 bits per heavy atom. The van der Waals surface area contributed by atoms with E-state index < -0.39 is 0 Å². The Hall–Kier alpha value is -0.680. The number of hydrogen-bond donors (Lipinski definition) is 2. The highest BCUT2D eigenvalue weighted by atomic mass is 35.5. The third kappa shape index (κ3) is 5.00. The zero-order chi connectivity index (χ0) is 12.7. The molecule has 0 spiro atoms. The van der Waals surface area contributed by atoms with Gasteiger partial charge in [0.05, 0.1) is 18.6 Å². The zero-order valence-electron chi connectivity index (χ0n) is 9.52. The van der Waals surface area contributed by atoms with Gasteiger partial charge in [-0.1, -0.05) is 12.1 Å². The van der Waals surface area contributed by atoms with Crippen LogP contribution in [0.1, 0.15) is 10.9 Å². The summed E-state index contributed by atoms with van der Waals surface area (Å²) in [5, 5.41) is 17.5. The SMILES string of the molecule is OCCN(CCO)CC(Cl)c1ccc(F)cc1. The lowest BCUT2D eigenvalue weighted by Crippen LogP contribution is -2.32. The average Bonchev–Trinajstić information content (AvgIpc) is 2.30. The first-order valence-electron chi connectivity index (χ1n) is 5.51. The maximum atomic E-state index is 12.7. The van der Waals surface area contributed by atoms with Crippen molar-refractivity contribution in [2.45, 2.75) is 5.38 Å². The van der Waals surface area contributed by atoms with Gasteiger partial charge in [-0.05, 0) is 17.7 Å². The summed E-state index contributed by atoms with van der Waals surface area (Å²) in [5.41, 5.74) is 0.828. The summed E-state index contributed by atoms with van der Waals surface area (Å²) >= 11 is 6.20. The van der Waals surface area contributed by atoms with E-state index in [0.717, 1.165) is 5.56 Å². The molecule has 1 aromatic carbocycles. The summed E-state index contributed by atoms with van der Waals surface area (Å²) in [4.78, 5) is 1.86. The van der Waals surface area contributed by atoms with E-state index in [4.69, 9.17) is 21.8 Å². The first kappa shape index (κ1) is 14.4. The number of nitrogens with zero attached hydrogens (tertiary/aromatic N) is 1. The van der Waals surface area contributed by atoms with Crippen LogP contribution in [0.2, 0.25) is 0 Å². The molecule has 3 nitrogen and oxygen atoms in total. The van der Waals surface area contributed by atoms with E-state index in [9.17, 15) is 4.39 Å². The molecule has 0 amide bonds. The molecule has 0 saturated carbocycles. The van der Waals surface area contributed by atoms with Gasteiger partial charge in [0.2, 0.25) is 0 Å². The molecular weight excluding hydrogens is 245 g/mol. The number of aliphatic hydroxyl groups is 2. The first-order valence-corrected chi connectivity index (χ1v) is 5.94. The van der Waals surface area contributed by atoms with E-state index in [1.54, 1.807) is 12.1 Å². The van der Waals surface area contributed by atoms with Gasteiger partial charge in [0.15, 0.2) is 0 Å². The van der Waals surface area contributed by atoms with Crippen molar-refractivity contribution in [3.63, 3.8) is 0 Å². The Labute approximate surface area is 105 Å². The smallest absolute Gasteiger partial charge is 0.123 e. The number of halogens is 2. The Balaban J connectivity index is 2.56. The third-order valence-corrected chi connectivity index (χ3v) is 2.87. The van der Waals surface area contributed by atoms with E-state index in [1.807, 2.05) is 4.90 Å². The van der Waals surface area contributed by atoms with Gasteiger partial charge in [0, 0.05) is 19.6 Å². The van der Waals surface area contributed by atoms with Gasteiger partial charge >= 0.3 is 0 Å². The van der Waals surface area contributed by atoms with Crippen LogP contribution in [0.4, 0.5) is 4.39 Å². The molecule has 96 valence electrons. The van der Waals surface area contributed by atoms with Crippen molar-refractivity contribution < 1.29 is 14.6 Å². The highest BCUT2D eigenvalue weighted by Gasteiger charge is 2.13. The van der Waals surface area contributed by atoms with Crippen LogP contribution in [-0.4, -0.2) is 48.0 Å². The molecule has 1 unspecified atom stereocenters. The number of alkyl halides is 1. The molecule has 2 N–H and O–H groups in total. The summed E-state index contributed by atoms with van der Waals surface area (Å²) in [5.74, 6) is -0.291. The fourth-order valence-corrected chi connectivity index (χ4v) is 1.92. The van der Waals surface area contributed by atoms with Gasteiger partial charge in [0.1, 0.15) is 5.82 Å². The van der Waals surface area contributed by atoms with E-state index in [-0.39, 0.29) is 24.4 Å². The quantitative estimate of drug-likeness (QED) is 0.729.